The second-order valence-electron chi connectivity index (χ2n) is 5.35. The van der Waals surface area contributed by atoms with Crippen LogP contribution in [0, 0.1) is 5.41 Å². The van der Waals surface area contributed by atoms with Crippen LogP contribution in [0.1, 0.15) is 26.3 Å². The third-order valence-corrected chi connectivity index (χ3v) is 4.36. The summed E-state index contributed by atoms with van der Waals surface area (Å²) in [6, 6.07) is 7.40. The summed E-state index contributed by atoms with van der Waals surface area (Å²) in [5.41, 5.74) is 7.05. The van der Waals surface area contributed by atoms with Crippen molar-refractivity contribution in [3.05, 3.63) is 34.9 Å². The van der Waals surface area contributed by atoms with Gasteiger partial charge in [0.2, 0.25) is 0 Å². The normalized spacial score (nSPS) is 15.6. The summed E-state index contributed by atoms with van der Waals surface area (Å²) in [6.07, 6.45) is 0. The number of rotatable bonds is 4. The SMILES string of the molecule is CC(C)(C)C(N)CS(=O)Cc1ccc(Cl)cc1. The van der Waals surface area contributed by atoms with Crippen molar-refractivity contribution in [2.75, 3.05) is 5.75 Å². The predicted octanol–water partition coefficient (Wildman–Crippen LogP) is 2.96. The van der Waals surface area contributed by atoms with Crippen molar-refractivity contribution in [3.8, 4) is 0 Å². The Balaban J connectivity index is 2.53. The maximum absolute atomic E-state index is 12.0. The fraction of sp³-hybridized carbons (Fsp3) is 0.538. The number of nitrogens with two attached hydrogens (primary N) is 1. The molecule has 1 rings (SSSR count). The van der Waals surface area contributed by atoms with E-state index in [0.717, 1.165) is 5.56 Å². The Labute approximate surface area is 111 Å². The molecule has 2 unspecified atom stereocenters. The first-order valence-electron chi connectivity index (χ1n) is 5.64. The first-order chi connectivity index (χ1) is 7.79. The largest absolute Gasteiger partial charge is 0.326 e. The van der Waals surface area contributed by atoms with E-state index in [-0.39, 0.29) is 11.5 Å². The quantitative estimate of drug-likeness (QED) is 0.917. The minimum absolute atomic E-state index is 0.00431. The zero-order valence-electron chi connectivity index (χ0n) is 10.6. The third kappa shape index (κ3) is 5.19. The van der Waals surface area contributed by atoms with Gasteiger partial charge in [-0.1, -0.05) is 44.5 Å². The van der Waals surface area contributed by atoms with E-state index in [1.807, 2.05) is 24.3 Å². The lowest BCUT2D eigenvalue weighted by Crippen LogP contribution is -2.39. The van der Waals surface area contributed by atoms with Crippen LogP contribution in [0.25, 0.3) is 0 Å². The molecule has 2 nitrogen and oxygen atoms in total. The molecule has 17 heavy (non-hydrogen) atoms. The summed E-state index contributed by atoms with van der Waals surface area (Å²) in [5.74, 6) is 1.08. The third-order valence-electron chi connectivity index (χ3n) is 2.72. The first-order valence-corrected chi connectivity index (χ1v) is 7.50. The standard InChI is InChI=1S/C13H20ClNOS/c1-13(2,3)12(15)9-17(16)8-10-4-6-11(14)7-5-10/h4-7,12H,8-9,15H2,1-3H3. The highest BCUT2D eigenvalue weighted by molar-refractivity contribution is 7.84. The first kappa shape index (κ1) is 14.7. The molecule has 1 aromatic rings. The van der Waals surface area contributed by atoms with Gasteiger partial charge in [-0.25, -0.2) is 0 Å². The smallest absolute Gasteiger partial charge is 0.0486 e. The van der Waals surface area contributed by atoms with Crippen LogP contribution in [-0.4, -0.2) is 16.0 Å². The second-order valence-corrected chi connectivity index (χ2v) is 7.29. The summed E-state index contributed by atoms with van der Waals surface area (Å²) in [6.45, 7) is 6.20. The predicted molar refractivity (Wildman–Crippen MR) is 75.6 cm³/mol. The Bertz CT molecular complexity index is 383. The molecule has 0 heterocycles. The average Bonchev–Trinajstić information content (AvgIpc) is 2.20. The lowest BCUT2D eigenvalue weighted by Gasteiger charge is -2.26. The van der Waals surface area contributed by atoms with Gasteiger partial charge in [0.05, 0.1) is 0 Å². The highest BCUT2D eigenvalue weighted by Gasteiger charge is 2.22. The Morgan fingerprint density at radius 1 is 1.29 bits per heavy atom. The van der Waals surface area contributed by atoms with Crippen molar-refractivity contribution in [2.24, 2.45) is 11.1 Å². The highest BCUT2D eigenvalue weighted by Crippen LogP contribution is 2.19. The zero-order valence-corrected chi connectivity index (χ0v) is 12.1. The van der Waals surface area contributed by atoms with Gasteiger partial charge in [-0.05, 0) is 23.1 Å². The van der Waals surface area contributed by atoms with Crippen LogP contribution in [0.3, 0.4) is 0 Å². The molecule has 1 aromatic carbocycles. The van der Waals surface area contributed by atoms with Gasteiger partial charge in [0, 0.05) is 33.4 Å². The van der Waals surface area contributed by atoms with Crippen LogP contribution in [0.5, 0.6) is 0 Å². The molecule has 0 saturated carbocycles. The van der Waals surface area contributed by atoms with Gasteiger partial charge in [0.1, 0.15) is 0 Å². The Morgan fingerprint density at radius 2 is 1.82 bits per heavy atom. The summed E-state index contributed by atoms with van der Waals surface area (Å²) in [5, 5.41) is 0.700. The van der Waals surface area contributed by atoms with E-state index >= 15 is 0 Å². The molecule has 2 N–H and O–H groups in total. The van der Waals surface area contributed by atoms with Crippen LogP contribution < -0.4 is 5.73 Å². The molecule has 0 amide bonds. The van der Waals surface area contributed by atoms with Gasteiger partial charge >= 0.3 is 0 Å². The number of hydrogen-bond donors (Lipinski definition) is 1. The lowest BCUT2D eigenvalue weighted by molar-refractivity contribution is 0.342. The van der Waals surface area contributed by atoms with Gasteiger partial charge in [0.15, 0.2) is 0 Å². The summed E-state index contributed by atoms with van der Waals surface area (Å²) in [4.78, 5) is 0. The maximum atomic E-state index is 12.0. The van der Waals surface area contributed by atoms with E-state index in [1.165, 1.54) is 0 Å². The number of hydrogen-bond acceptors (Lipinski definition) is 2. The van der Waals surface area contributed by atoms with Crippen LogP contribution in [0.4, 0.5) is 0 Å². The summed E-state index contributed by atoms with van der Waals surface area (Å²) in [7, 11) is -0.922. The minimum Gasteiger partial charge on any atom is -0.326 e. The molecule has 0 aromatic heterocycles. The van der Waals surface area contributed by atoms with E-state index in [1.54, 1.807) is 0 Å². The summed E-state index contributed by atoms with van der Waals surface area (Å²) >= 11 is 5.80. The van der Waals surface area contributed by atoms with Crippen molar-refractivity contribution in [3.63, 3.8) is 0 Å². The number of halogens is 1. The van der Waals surface area contributed by atoms with E-state index in [2.05, 4.69) is 20.8 Å². The highest BCUT2D eigenvalue weighted by atomic mass is 35.5. The van der Waals surface area contributed by atoms with Crippen molar-refractivity contribution >= 4 is 22.4 Å². The summed E-state index contributed by atoms with van der Waals surface area (Å²) < 4.78 is 12.0. The Hall–Kier alpha value is -0.380. The van der Waals surface area contributed by atoms with Crippen LogP contribution in [-0.2, 0) is 16.6 Å². The van der Waals surface area contributed by atoms with Gasteiger partial charge in [-0.2, -0.15) is 0 Å². The van der Waals surface area contributed by atoms with Crippen molar-refractivity contribution < 1.29 is 4.21 Å². The lowest BCUT2D eigenvalue weighted by atomic mass is 9.89. The molecule has 0 aliphatic rings. The van der Waals surface area contributed by atoms with Crippen LogP contribution >= 0.6 is 11.6 Å². The van der Waals surface area contributed by atoms with Gasteiger partial charge < -0.3 is 5.73 Å². The molecule has 0 aliphatic carbocycles. The van der Waals surface area contributed by atoms with Gasteiger partial charge in [0.25, 0.3) is 0 Å². The van der Waals surface area contributed by atoms with E-state index < -0.39 is 10.8 Å². The molecule has 0 saturated heterocycles. The average molecular weight is 274 g/mol. The van der Waals surface area contributed by atoms with Crippen molar-refractivity contribution in [2.45, 2.75) is 32.6 Å². The molecule has 0 fully saturated rings. The fourth-order valence-corrected chi connectivity index (χ4v) is 2.98. The van der Waals surface area contributed by atoms with E-state index in [0.29, 0.717) is 16.5 Å². The Morgan fingerprint density at radius 3 is 2.29 bits per heavy atom. The van der Waals surface area contributed by atoms with E-state index in [4.69, 9.17) is 17.3 Å². The van der Waals surface area contributed by atoms with Crippen molar-refractivity contribution in [1.29, 1.82) is 0 Å². The van der Waals surface area contributed by atoms with Crippen LogP contribution in [0.2, 0.25) is 5.02 Å². The minimum atomic E-state index is -0.922. The van der Waals surface area contributed by atoms with E-state index in [9.17, 15) is 4.21 Å². The molecular weight excluding hydrogens is 254 g/mol. The molecular formula is C13H20ClNOS. The monoisotopic (exact) mass is 273 g/mol. The zero-order chi connectivity index (χ0) is 13.1. The van der Waals surface area contributed by atoms with Gasteiger partial charge in [-0.3, -0.25) is 4.21 Å². The Kier molecular flexibility index (Phi) is 5.17. The second kappa shape index (κ2) is 5.98. The van der Waals surface area contributed by atoms with Crippen LogP contribution in [0.15, 0.2) is 24.3 Å². The van der Waals surface area contributed by atoms with Gasteiger partial charge in [-0.15, -0.1) is 0 Å². The molecule has 0 spiro atoms. The topological polar surface area (TPSA) is 43.1 Å². The fourth-order valence-electron chi connectivity index (χ4n) is 1.28. The molecule has 96 valence electrons. The molecule has 2 atom stereocenters. The number of benzene rings is 1. The molecule has 4 heteroatoms. The molecule has 0 bridgehead atoms. The van der Waals surface area contributed by atoms with Crippen molar-refractivity contribution in [1.82, 2.24) is 0 Å². The maximum Gasteiger partial charge on any atom is 0.0486 e. The molecule has 0 radical (unpaired) electrons. The molecule has 0 aliphatic heterocycles.